The van der Waals surface area contributed by atoms with Gasteiger partial charge in [0.05, 0.1) is 11.4 Å². The maximum absolute atomic E-state index is 12.6. The Labute approximate surface area is 144 Å². The van der Waals surface area contributed by atoms with Crippen LogP contribution in [0.15, 0.2) is 35.4 Å². The Morgan fingerprint density at radius 3 is 2.87 bits per heavy atom. The van der Waals surface area contributed by atoms with E-state index in [0.29, 0.717) is 11.4 Å². The zero-order chi connectivity index (χ0) is 16.0. The molecular formula is C18H17ClN2OS. The van der Waals surface area contributed by atoms with E-state index in [2.05, 4.69) is 13.0 Å². The molecule has 0 saturated carbocycles. The topological polar surface area (TPSA) is 32.7 Å². The average molecular weight is 345 g/mol. The molecule has 1 aromatic carbocycles. The van der Waals surface area contributed by atoms with Gasteiger partial charge in [0.2, 0.25) is 5.91 Å². The first-order valence-electron chi connectivity index (χ1n) is 7.88. The van der Waals surface area contributed by atoms with Gasteiger partial charge in [-0.25, -0.2) is 5.01 Å². The van der Waals surface area contributed by atoms with Gasteiger partial charge < -0.3 is 0 Å². The van der Waals surface area contributed by atoms with Crippen molar-refractivity contribution in [3.8, 4) is 0 Å². The second kappa shape index (κ2) is 5.77. The number of amides is 1. The normalized spacial score (nSPS) is 20.6. The molecule has 0 N–H and O–H groups in total. The zero-order valence-electron chi connectivity index (χ0n) is 12.9. The number of benzene rings is 1. The number of fused-ring (bicyclic) bond motifs is 3. The first-order valence-corrected chi connectivity index (χ1v) is 9.08. The van der Waals surface area contributed by atoms with Crippen LogP contribution in [0.4, 0.5) is 5.69 Å². The van der Waals surface area contributed by atoms with Crippen LogP contribution in [0.2, 0.25) is 5.02 Å². The van der Waals surface area contributed by atoms with E-state index in [0.717, 1.165) is 30.7 Å². The standard InChI is InChI=1S/C18H17ClN2OS/c1-11-9-15-16(23-11)4-2-3-12-10-17(22)21(20-18(12)15)14-7-5-13(19)6-8-14/h5-9,12H,2-4,10H2,1H3. The van der Waals surface area contributed by atoms with Crippen molar-refractivity contribution >= 4 is 40.2 Å². The van der Waals surface area contributed by atoms with Crippen molar-refractivity contribution < 1.29 is 4.79 Å². The van der Waals surface area contributed by atoms with E-state index in [1.807, 2.05) is 23.5 Å². The van der Waals surface area contributed by atoms with Gasteiger partial charge in [0.15, 0.2) is 0 Å². The second-order valence-corrected chi connectivity index (χ2v) is 7.93. The molecule has 1 aliphatic carbocycles. The maximum Gasteiger partial charge on any atom is 0.248 e. The molecule has 0 bridgehead atoms. The molecule has 1 amide bonds. The van der Waals surface area contributed by atoms with E-state index >= 15 is 0 Å². The Kier molecular flexibility index (Phi) is 3.74. The van der Waals surface area contributed by atoms with Gasteiger partial charge in [0.25, 0.3) is 0 Å². The Hall–Kier alpha value is -1.65. The molecule has 5 heteroatoms. The van der Waals surface area contributed by atoms with Gasteiger partial charge in [-0.1, -0.05) is 11.6 Å². The number of rotatable bonds is 1. The van der Waals surface area contributed by atoms with E-state index in [4.69, 9.17) is 16.7 Å². The van der Waals surface area contributed by atoms with Crippen LogP contribution in [0, 0.1) is 12.8 Å². The van der Waals surface area contributed by atoms with Gasteiger partial charge in [-0.3, -0.25) is 4.79 Å². The highest BCUT2D eigenvalue weighted by Crippen LogP contribution is 2.36. The second-order valence-electron chi connectivity index (χ2n) is 6.15. The summed E-state index contributed by atoms with van der Waals surface area (Å²) in [6.07, 6.45) is 3.80. The lowest BCUT2D eigenvalue weighted by molar-refractivity contribution is -0.119. The fourth-order valence-electron chi connectivity index (χ4n) is 3.41. The number of thiophene rings is 1. The van der Waals surface area contributed by atoms with Gasteiger partial charge >= 0.3 is 0 Å². The summed E-state index contributed by atoms with van der Waals surface area (Å²) in [6, 6.07) is 9.52. The number of hydrazone groups is 1. The summed E-state index contributed by atoms with van der Waals surface area (Å²) in [7, 11) is 0. The van der Waals surface area contributed by atoms with Crippen LogP contribution in [0.5, 0.6) is 0 Å². The third-order valence-corrected chi connectivity index (χ3v) is 5.85. The molecule has 3 nitrogen and oxygen atoms in total. The van der Waals surface area contributed by atoms with Crippen LogP contribution in [-0.4, -0.2) is 11.6 Å². The first kappa shape index (κ1) is 14.9. The van der Waals surface area contributed by atoms with E-state index in [1.165, 1.54) is 15.3 Å². The molecule has 1 atom stereocenters. The molecule has 0 spiro atoms. The van der Waals surface area contributed by atoms with Crippen LogP contribution < -0.4 is 5.01 Å². The maximum atomic E-state index is 12.6. The van der Waals surface area contributed by atoms with Gasteiger partial charge in [0.1, 0.15) is 0 Å². The molecule has 1 aliphatic heterocycles. The fourth-order valence-corrected chi connectivity index (χ4v) is 4.62. The average Bonchev–Trinajstić information content (AvgIpc) is 2.81. The van der Waals surface area contributed by atoms with Crippen LogP contribution in [0.1, 0.15) is 34.6 Å². The van der Waals surface area contributed by atoms with Crippen molar-refractivity contribution in [1.29, 1.82) is 0 Å². The lowest BCUT2D eigenvalue weighted by atomic mass is 9.91. The number of carbonyl (C=O) groups is 1. The fraction of sp³-hybridized carbons (Fsp3) is 0.333. The summed E-state index contributed by atoms with van der Waals surface area (Å²) in [5.74, 6) is 0.317. The zero-order valence-corrected chi connectivity index (χ0v) is 14.5. The van der Waals surface area contributed by atoms with E-state index in [9.17, 15) is 4.79 Å². The smallest absolute Gasteiger partial charge is 0.248 e. The number of halogens is 1. The number of hydrogen-bond donors (Lipinski definition) is 0. The number of anilines is 1. The van der Waals surface area contributed by atoms with Gasteiger partial charge in [0, 0.05) is 32.7 Å². The quantitative estimate of drug-likeness (QED) is 0.731. The summed E-state index contributed by atoms with van der Waals surface area (Å²) in [5, 5.41) is 6.97. The number of nitrogens with zero attached hydrogens (tertiary/aromatic N) is 2. The number of hydrogen-bond acceptors (Lipinski definition) is 3. The molecule has 0 radical (unpaired) electrons. The number of aryl methyl sites for hydroxylation is 2. The van der Waals surface area contributed by atoms with Crippen LogP contribution in [0.25, 0.3) is 0 Å². The Morgan fingerprint density at radius 1 is 1.30 bits per heavy atom. The summed E-state index contributed by atoms with van der Waals surface area (Å²) < 4.78 is 0. The Bertz CT molecular complexity index is 794. The summed E-state index contributed by atoms with van der Waals surface area (Å²) >= 11 is 7.81. The third kappa shape index (κ3) is 2.70. The monoisotopic (exact) mass is 344 g/mol. The predicted octanol–water partition coefficient (Wildman–Crippen LogP) is 4.80. The molecule has 4 rings (SSSR count). The first-order chi connectivity index (χ1) is 11.1. The largest absolute Gasteiger partial charge is 0.273 e. The highest BCUT2D eigenvalue weighted by Gasteiger charge is 2.34. The Morgan fingerprint density at radius 2 is 2.09 bits per heavy atom. The minimum Gasteiger partial charge on any atom is -0.273 e. The molecule has 1 unspecified atom stereocenters. The van der Waals surface area contributed by atoms with Gasteiger partial charge in [-0.15, -0.1) is 11.3 Å². The lowest BCUT2D eigenvalue weighted by Gasteiger charge is -2.28. The van der Waals surface area contributed by atoms with Crippen LogP contribution in [-0.2, 0) is 11.2 Å². The van der Waals surface area contributed by atoms with E-state index in [-0.39, 0.29) is 11.8 Å². The van der Waals surface area contributed by atoms with Gasteiger partial charge in [-0.2, -0.15) is 5.10 Å². The molecule has 23 heavy (non-hydrogen) atoms. The van der Waals surface area contributed by atoms with Crippen molar-refractivity contribution in [3.05, 3.63) is 50.7 Å². The highest BCUT2D eigenvalue weighted by molar-refractivity contribution is 7.12. The molecular weight excluding hydrogens is 328 g/mol. The van der Waals surface area contributed by atoms with Crippen LogP contribution in [0.3, 0.4) is 0 Å². The van der Waals surface area contributed by atoms with E-state index in [1.54, 1.807) is 17.1 Å². The molecule has 0 saturated heterocycles. The van der Waals surface area contributed by atoms with Crippen molar-refractivity contribution in [2.75, 3.05) is 5.01 Å². The molecule has 0 fully saturated rings. The summed E-state index contributed by atoms with van der Waals surface area (Å²) in [5.41, 5.74) is 3.11. The molecule has 2 heterocycles. The van der Waals surface area contributed by atoms with Crippen molar-refractivity contribution in [2.24, 2.45) is 11.0 Å². The molecule has 118 valence electrons. The van der Waals surface area contributed by atoms with Crippen molar-refractivity contribution in [1.82, 2.24) is 0 Å². The minimum absolute atomic E-state index is 0.0662. The Balaban J connectivity index is 1.80. The van der Waals surface area contributed by atoms with Gasteiger partial charge in [-0.05, 0) is 56.5 Å². The SMILES string of the molecule is Cc1cc2c(s1)CCCC1CC(=O)N(c3ccc(Cl)cc3)N=C21. The third-order valence-electron chi connectivity index (χ3n) is 4.49. The number of carbonyl (C=O) groups excluding carboxylic acids is 1. The van der Waals surface area contributed by atoms with E-state index < -0.39 is 0 Å². The van der Waals surface area contributed by atoms with Crippen molar-refractivity contribution in [2.45, 2.75) is 32.6 Å². The minimum atomic E-state index is 0.0662. The van der Waals surface area contributed by atoms with Crippen molar-refractivity contribution in [3.63, 3.8) is 0 Å². The molecule has 2 aliphatic rings. The molecule has 1 aromatic heterocycles. The summed E-state index contributed by atoms with van der Waals surface area (Å²) in [6.45, 7) is 2.14. The molecule has 2 aromatic rings. The predicted molar refractivity (Wildman–Crippen MR) is 95.6 cm³/mol. The lowest BCUT2D eigenvalue weighted by Crippen LogP contribution is -2.37. The highest BCUT2D eigenvalue weighted by atomic mass is 35.5. The summed E-state index contributed by atoms with van der Waals surface area (Å²) in [4.78, 5) is 15.3. The van der Waals surface area contributed by atoms with Crippen LogP contribution >= 0.6 is 22.9 Å².